The fourth-order valence-corrected chi connectivity index (χ4v) is 3.91. The van der Waals surface area contributed by atoms with Crippen molar-refractivity contribution in [3.8, 4) is 0 Å². The molecule has 1 nitrogen and oxygen atoms in total. The summed E-state index contributed by atoms with van der Waals surface area (Å²) < 4.78 is 0. The van der Waals surface area contributed by atoms with Crippen molar-refractivity contribution in [2.24, 2.45) is 0 Å². The van der Waals surface area contributed by atoms with Crippen molar-refractivity contribution in [1.29, 1.82) is 0 Å². The number of allylic oxidation sites excluding steroid dienone is 4. The zero-order chi connectivity index (χ0) is 21.5. The Kier molecular flexibility index (Phi) is 6.35. The lowest BCUT2D eigenvalue weighted by atomic mass is 9.83. The zero-order valence-corrected chi connectivity index (χ0v) is 17.5. The van der Waals surface area contributed by atoms with Gasteiger partial charge in [-0.1, -0.05) is 121 Å². The first kappa shape index (κ1) is 20.3. The van der Waals surface area contributed by atoms with E-state index in [4.69, 9.17) is 0 Å². The van der Waals surface area contributed by atoms with Gasteiger partial charge in [0.05, 0.1) is 0 Å². The lowest BCUT2D eigenvalue weighted by molar-refractivity contribution is -0.103. The van der Waals surface area contributed by atoms with Gasteiger partial charge in [0.2, 0.25) is 0 Å². The molecule has 0 aliphatic rings. The Hall–Kier alpha value is -3.97. The van der Waals surface area contributed by atoms with Crippen LogP contribution >= 0.6 is 0 Å². The van der Waals surface area contributed by atoms with Gasteiger partial charge in [-0.3, -0.25) is 4.79 Å². The summed E-state index contributed by atoms with van der Waals surface area (Å²) in [6, 6.07) is 40.7. The standard InChI is InChI=1S/C30H24O/c1-23(24-14-6-2-7-15-24)29(26-18-10-4-11-19-26)30(27-20-12-5-13-21-27)28(22-31)25-16-8-3-9-17-25/h2-22H,1H3/b29-23+,30-28+. The van der Waals surface area contributed by atoms with Crippen LogP contribution in [0.4, 0.5) is 0 Å². The van der Waals surface area contributed by atoms with Crippen molar-refractivity contribution in [3.05, 3.63) is 144 Å². The first-order valence-electron chi connectivity index (χ1n) is 10.4. The number of aldehydes is 1. The minimum Gasteiger partial charge on any atom is -0.298 e. The maximum Gasteiger partial charge on any atom is 0.151 e. The predicted octanol–water partition coefficient (Wildman–Crippen LogP) is 7.43. The normalized spacial score (nSPS) is 12.5. The minimum absolute atomic E-state index is 0.681. The van der Waals surface area contributed by atoms with E-state index in [1.54, 1.807) is 0 Å². The smallest absolute Gasteiger partial charge is 0.151 e. The molecule has 4 rings (SSSR count). The lowest BCUT2D eigenvalue weighted by Crippen LogP contribution is -2.00. The van der Waals surface area contributed by atoms with Crippen molar-refractivity contribution < 1.29 is 4.79 Å². The highest BCUT2D eigenvalue weighted by Crippen LogP contribution is 2.41. The molecule has 0 radical (unpaired) electrons. The molecule has 0 heterocycles. The number of hydrogen-bond acceptors (Lipinski definition) is 1. The van der Waals surface area contributed by atoms with Crippen LogP contribution in [0.15, 0.2) is 121 Å². The van der Waals surface area contributed by atoms with Gasteiger partial charge in [-0.25, -0.2) is 0 Å². The number of carbonyl (C=O) groups is 1. The van der Waals surface area contributed by atoms with E-state index in [-0.39, 0.29) is 0 Å². The molecular formula is C30H24O. The second-order valence-corrected chi connectivity index (χ2v) is 7.37. The maximum atomic E-state index is 12.5. The summed E-state index contributed by atoms with van der Waals surface area (Å²) in [4.78, 5) is 12.5. The molecule has 0 N–H and O–H groups in total. The van der Waals surface area contributed by atoms with Crippen LogP contribution in [0.3, 0.4) is 0 Å². The number of hydrogen-bond donors (Lipinski definition) is 0. The molecular weight excluding hydrogens is 376 g/mol. The zero-order valence-electron chi connectivity index (χ0n) is 17.5. The van der Waals surface area contributed by atoms with Crippen LogP contribution in [-0.2, 0) is 4.79 Å². The van der Waals surface area contributed by atoms with Gasteiger partial charge in [-0.15, -0.1) is 0 Å². The largest absolute Gasteiger partial charge is 0.298 e. The quantitative estimate of drug-likeness (QED) is 0.142. The third-order valence-corrected chi connectivity index (χ3v) is 5.43. The van der Waals surface area contributed by atoms with Gasteiger partial charge >= 0.3 is 0 Å². The van der Waals surface area contributed by atoms with E-state index in [2.05, 4.69) is 43.3 Å². The summed E-state index contributed by atoms with van der Waals surface area (Å²) >= 11 is 0. The molecule has 0 amide bonds. The minimum atomic E-state index is 0.681. The number of carbonyl (C=O) groups excluding carboxylic acids is 1. The van der Waals surface area contributed by atoms with E-state index < -0.39 is 0 Å². The summed E-state index contributed by atoms with van der Waals surface area (Å²) in [6.07, 6.45) is 0.985. The molecule has 0 bridgehead atoms. The number of benzene rings is 4. The second-order valence-electron chi connectivity index (χ2n) is 7.37. The maximum absolute atomic E-state index is 12.5. The SMILES string of the molecule is C/C(=C(\C(=C(/C=O)c1ccccc1)c1ccccc1)c1ccccc1)c1ccccc1. The molecule has 0 fully saturated rings. The van der Waals surface area contributed by atoms with Gasteiger partial charge < -0.3 is 0 Å². The van der Waals surface area contributed by atoms with Crippen LogP contribution < -0.4 is 0 Å². The van der Waals surface area contributed by atoms with Crippen LogP contribution in [0.25, 0.3) is 22.3 Å². The molecule has 150 valence electrons. The van der Waals surface area contributed by atoms with E-state index in [0.29, 0.717) is 5.57 Å². The average molecular weight is 401 g/mol. The highest BCUT2D eigenvalue weighted by atomic mass is 16.1. The van der Waals surface area contributed by atoms with Crippen LogP contribution in [0.5, 0.6) is 0 Å². The van der Waals surface area contributed by atoms with Crippen molar-refractivity contribution in [3.63, 3.8) is 0 Å². The Morgan fingerprint density at radius 2 is 0.839 bits per heavy atom. The summed E-state index contributed by atoms with van der Waals surface area (Å²) in [5, 5.41) is 0. The van der Waals surface area contributed by atoms with Gasteiger partial charge in [0.25, 0.3) is 0 Å². The van der Waals surface area contributed by atoms with Crippen LogP contribution in [-0.4, -0.2) is 6.29 Å². The molecule has 0 saturated carbocycles. The fourth-order valence-electron chi connectivity index (χ4n) is 3.91. The van der Waals surface area contributed by atoms with Gasteiger partial charge in [-0.05, 0) is 40.3 Å². The molecule has 4 aromatic carbocycles. The predicted molar refractivity (Wildman–Crippen MR) is 131 cm³/mol. The third-order valence-electron chi connectivity index (χ3n) is 5.43. The van der Waals surface area contributed by atoms with E-state index in [9.17, 15) is 4.79 Å². The third kappa shape index (κ3) is 4.46. The summed E-state index contributed by atoms with van der Waals surface area (Å²) in [6.45, 7) is 2.13. The molecule has 0 aromatic heterocycles. The summed E-state index contributed by atoms with van der Waals surface area (Å²) in [7, 11) is 0. The Balaban J connectivity index is 2.12. The molecule has 0 saturated heterocycles. The van der Waals surface area contributed by atoms with Crippen molar-refractivity contribution in [1.82, 2.24) is 0 Å². The molecule has 0 spiro atoms. The van der Waals surface area contributed by atoms with Gasteiger partial charge in [0, 0.05) is 11.1 Å². The van der Waals surface area contributed by atoms with Crippen molar-refractivity contribution in [2.75, 3.05) is 0 Å². The van der Waals surface area contributed by atoms with Crippen LogP contribution in [0.1, 0.15) is 29.2 Å². The Morgan fingerprint density at radius 1 is 0.484 bits per heavy atom. The van der Waals surface area contributed by atoms with E-state index >= 15 is 0 Å². The van der Waals surface area contributed by atoms with Crippen LogP contribution in [0.2, 0.25) is 0 Å². The van der Waals surface area contributed by atoms with Gasteiger partial charge in [0.15, 0.2) is 6.29 Å². The first-order valence-corrected chi connectivity index (χ1v) is 10.4. The molecule has 0 aliphatic heterocycles. The lowest BCUT2D eigenvalue weighted by Gasteiger charge is -2.20. The number of rotatable bonds is 6. The molecule has 0 unspecified atom stereocenters. The van der Waals surface area contributed by atoms with Gasteiger partial charge in [-0.2, -0.15) is 0 Å². The second kappa shape index (κ2) is 9.69. The highest BCUT2D eigenvalue weighted by Gasteiger charge is 2.20. The molecule has 0 aliphatic carbocycles. The van der Waals surface area contributed by atoms with E-state index in [1.165, 1.54) is 0 Å². The Morgan fingerprint density at radius 3 is 1.26 bits per heavy atom. The topological polar surface area (TPSA) is 17.1 Å². The molecule has 4 aromatic rings. The Labute approximate surface area is 184 Å². The molecule has 0 atom stereocenters. The van der Waals surface area contributed by atoms with E-state index in [0.717, 1.165) is 45.3 Å². The van der Waals surface area contributed by atoms with Crippen molar-refractivity contribution >= 4 is 28.6 Å². The van der Waals surface area contributed by atoms with E-state index in [1.807, 2.05) is 84.9 Å². The van der Waals surface area contributed by atoms with Crippen molar-refractivity contribution in [2.45, 2.75) is 6.92 Å². The molecule has 31 heavy (non-hydrogen) atoms. The first-order chi connectivity index (χ1) is 15.3. The average Bonchev–Trinajstić information content (AvgIpc) is 2.86. The summed E-state index contributed by atoms with van der Waals surface area (Å²) in [5.74, 6) is 0. The summed E-state index contributed by atoms with van der Waals surface area (Å²) in [5.41, 5.74) is 7.94. The van der Waals surface area contributed by atoms with Crippen LogP contribution in [0, 0.1) is 0 Å². The highest BCUT2D eigenvalue weighted by molar-refractivity contribution is 6.30. The molecule has 1 heteroatoms. The monoisotopic (exact) mass is 400 g/mol. The fraction of sp³-hybridized carbons (Fsp3) is 0.0333. The van der Waals surface area contributed by atoms with Gasteiger partial charge in [0.1, 0.15) is 0 Å². The Bertz CT molecular complexity index is 1200.